The lowest BCUT2D eigenvalue weighted by molar-refractivity contribution is 0.610. The first-order chi connectivity index (χ1) is 8.22. The van der Waals surface area contributed by atoms with Crippen LogP contribution in [0.5, 0.6) is 0 Å². The van der Waals surface area contributed by atoms with Crippen molar-refractivity contribution in [2.24, 2.45) is 0 Å². The van der Waals surface area contributed by atoms with Crippen molar-refractivity contribution in [1.82, 2.24) is 14.9 Å². The van der Waals surface area contributed by atoms with Gasteiger partial charge in [0.1, 0.15) is 0 Å². The van der Waals surface area contributed by atoms with Crippen molar-refractivity contribution in [3.05, 3.63) is 31.9 Å². The fraction of sp³-hybridized carbons (Fsp3) is 0.455. The summed E-state index contributed by atoms with van der Waals surface area (Å²) in [6, 6.07) is 4.18. The third-order valence-electron chi connectivity index (χ3n) is 2.43. The molecule has 2 heterocycles. The van der Waals surface area contributed by atoms with Crippen LogP contribution in [-0.4, -0.2) is 16.1 Å². The van der Waals surface area contributed by atoms with Gasteiger partial charge in [0.05, 0.1) is 20.9 Å². The molecule has 0 aliphatic carbocycles. The number of hydrogen-bond acceptors (Lipinski definition) is 5. The molecule has 1 unspecified atom stereocenters. The average molecular weight is 288 g/mol. The smallest absolute Gasteiger partial charge is 0.0931 e. The summed E-state index contributed by atoms with van der Waals surface area (Å²) in [6.45, 7) is 5.12. The number of nitrogens with zero attached hydrogens (tertiary/aromatic N) is 2. The molecule has 1 N–H and O–H groups in total. The zero-order chi connectivity index (χ0) is 12.3. The first-order valence-corrected chi connectivity index (χ1v) is 7.46. The largest absolute Gasteiger partial charge is 0.305 e. The van der Waals surface area contributed by atoms with E-state index in [1.807, 2.05) is 13.0 Å². The predicted molar refractivity (Wildman–Crippen MR) is 74.1 cm³/mol. The monoisotopic (exact) mass is 287 g/mol. The molecule has 17 heavy (non-hydrogen) atoms. The number of rotatable bonds is 5. The quantitative estimate of drug-likeness (QED) is 0.912. The average Bonchev–Trinajstić information content (AvgIpc) is 2.90. The Labute approximate surface area is 114 Å². The molecule has 92 valence electrons. The van der Waals surface area contributed by atoms with Crippen molar-refractivity contribution in [3.8, 4) is 0 Å². The molecule has 0 aliphatic heterocycles. The van der Waals surface area contributed by atoms with Gasteiger partial charge in [-0.1, -0.05) is 23.0 Å². The fourth-order valence-corrected chi connectivity index (χ4v) is 3.56. The number of hydrogen-bond donors (Lipinski definition) is 1. The van der Waals surface area contributed by atoms with E-state index in [1.54, 1.807) is 11.3 Å². The maximum Gasteiger partial charge on any atom is 0.0931 e. The van der Waals surface area contributed by atoms with Crippen molar-refractivity contribution >= 4 is 34.5 Å². The summed E-state index contributed by atoms with van der Waals surface area (Å²) in [5.74, 6) is 0. The molecular weight excluding hydrogens is 274 g/mol. The van der Waals surface area contributed by atoms with E-state index in [0.29, 0.717) is 0 Å². The Kier molecular flexibility index (Phi) is 4.50. The van der Waals surface area contributed by atoms with Crippen LogP contribution in [0.1, 0.15) is 34.8 Å². The van der Waals surface area contributed by atoms with Crippen molar-refractivity contribution in [2.45, 2.75) is 26.3 Å². The van der Waals surface area contributed by atoms with E-state index >= 15 is 0 Å². The maximum absolute atomic E-state index is 6.00. The van der Waals surface area contributed by atoms with Gasteiger partial charge in [0.2, 0.25) is 0 Å². The van der Waals surface area contributed by atoms with E-state index < -0.39 is 0 Å². The molecule has 0 saturated carbocycles. The molecule has 2 rings (SSSR count). The van der Waals surface area contributed by atoms with Gasteiger partial charge in [0.15, 0.2) is 0 Å². The standard InChI is InChI=1S/C11H14ClN3S2/c1-3-6-13-10(8-4-5-9(12)16-8)11-7(2)14-15-17-11/h4-5,10,13H,3,6H2,1-2H3. The van der Waals surface area contributed by atoms with Gasteiger partial charge < -0.3 is 5.32 Å². The summed E-state index contributed by atoms with van der Waals surface area (Å²) in [7, 11) is 0. The summed E-state index contributed by atoms with van der Waals surface area (Å²) in [6.07, 6.45) is 1.10. The van der Waals surface area contributed by atoms with Crippen molar-refractivity contribution < 1.29 is 0 Å². The van der Waals surface area contributed by atoms with E-state index in [2.05, 4.69) is 27.9 Å². The number of halogens is 1. The molecule has 6 heteroatoms. The van der Waals surface area contributed by atoms with Gasteiger partial charge in [-0.2, -0.15) is 0 Å². The summed E-state index contributed by atoms with van der Waals surface area (Å²) in [5.41, 5.74) is 0.994. The Morgan fingerprint density at radius 1 is 1.47 bits per heavy atom. The highest BCUT2D eigenvalue weighted by atomic mass is 35.5. The zero-order valence-electron chi connectivity index (χ0n) is 9.74. The van der Waals surface area contributed by atoms with E-state index in [4.69, 9.17) is 11.6 Å². The molecule has 0 radical (unpaired) electrons. The van der Waals surface area contributed by atoms with Crippen LogP contribution in [-0.2, 0) is 0 Å². The Bertz CT molecular complexity index is 481. The normalized spacial score (nSPS) is 12.9. The van der Waals surface area contributed by atoms with Crippen molar-refractivity contribution in [1.29, 1.82) is 0 Å². The Hall–Kier alpha value is -0.490. The minimum Gasteiger partial charge on any atom is -0.305 e. The van der Waals surface area contributed by atoms with Crippen LogP contribution in [0.2, 0.25) is 4.34 Å². The highest BCUT2D eigenvalue weighted by Crippen LogP contribution is 2.33. The third-order valence-corrected chi connectivity index (χ3v) is 4.61. The second kappa shape index (κ2) is 5.91. The number of aryl methyl sites for hydroxylation is 1. The minimum absolute atomic E-state index is 0.174. The van der Waals surface area contributed by atoms with Gasteiger partial charge in [0.25, 0.3) is 0 Å². The summed E-state index contributed by atoms with van der Waals surface area (Å²) in [4.78, 5) is 2.40. The Balaban J connectivity index is 2.28. The van der Waals surface area contributed by atoms with Crippen LogP contribution in [0, 0.1) is 6.92 Å². The van der Waals surface area contributed by atoms with Gasteiger partial charge >= 0.3 is 0 Å². The molecule has 0 bridgehead atoms. The lowest BCUT2D eigenvalue weighted by Crippen LogP contribution is -2.22. The van der Waals surface area contributed by atoms with E-state index in [-0.39, 0.29) is 6.04 Å². The van der Waals surface area contributed by atoms with Crippen molar-refractivity contribution in [2.75, 3.05) is 6.54 Å². The molecule has 3 nitrogen and oxygen atoms in total. The number of nitrogens with one attached hydrogen (secondary N) is 1. The number of aromatic nitrogens is 2. The minimum atomic E-state index is 0.174. The first-order valence-electron chi connectivity index (χ1n) is 5.49. The van der Waals surface area contributed by atoms with E-state index in [1.165, 1.54) is 21.3 Å². The van der Waals surface area contributed by atoms with Crippen molar-refractivity contribution in [3.63, 3.8) is 0 Å². The molecule has 2 aromatic rings. The summed E-state index contributed by atoms with van der Waals surface area (Å²) in [5, 5.41) is 7.60. The van der Waals surface area contributed by atoms with Gasteiger partial charge in [-0.15, -0.1) is 16.4 Å². The van der Waals surface area contributed by atoms with Crippen LogP contribution < -0.4 is 5.32 Å². The van der Waals surface area contributed by atoms with Crippen LogP contribution >= 0.6 is 34.5 Å². The van der Waals surface area contributed by atoms with Gasteiger partial charge in [-0.3, -0.25) is 0 Å². The zero-order valence-corrected chi connectivity index (χ0v) is 12.1. The molecule has 0 spiro atoms. The molecule has 2 aromatic heterocycles. The van der Waals surface area contributed by atoms with Crippen LogP contribution in [0.25, 0.3) is 0 Å². The summed E-state index contributed by atoms with van der Waals surface area (Å²) >= 11 is 9.06. The molecule has 0 aliphatic rings. The van der Waals surface area contributed by atoms with Crippen LogP contribution in [0.4, 0.5) is 0 Å². The molecule has 0 amide bonds. The second-order valence-electron chi connectivity index (χ2n) is 3.75. The van der Waals surface area contributed by atoms with Gasteiger partial charge in [-0.25, -0.2) is 0 Å². The predicted octanol–water partition coefficient (Wildman–Crippen LogP) is 3.65. The topological polar surface area (TPSA) is 37.8 Å². The van der Waals surface area contributed by atoms with Gasteiger partial charge in [0, 0.05) is 4.88 Å². The first kappa shape index (κ1) is 13.0. The molecule has 0 saturated heterocycles. The highest BCUT2D eigenvalue weighted by Gasteiger charge is 2.20. The Morgan fingerprint density at radius 2 is 2.29 bits per heavy atom. The van der Waals surface area contributed by atoms with Crippen LogP contribution in [0.15, 0.2) is 12.1 Å². The molecule has 0 aromatic carbocycles. The fourth-order valence-electron chi connectivity index (χ4n) is 1.60. The summed E-state index contributed by atoms with van der Waals surface area (Å²) < 4.78 is 4.82. The lowest BCUT2D eigenvalue weighted by Gasteiger charge is -2.15. The van der Waals surface area contributed by atoms with Crippen LogP contribution in [0.3, 0.4) is 0 Å². The lowest BCUT2D eigenvalue weighted by atomic mass is 10.1. The van der Waals surface area contributed by atoms with E-state index in [0.717, 1.165) is 23.0 Å². The molecule has 1 atom stereocenters. The highest BCUT2D eigenvalue weighted by molar-refractivity contribution is 7.16. The van der Waals surface area contributed by atoms with E-state index in [9.17, 15) is 0 Å². The molecular formula is C11H14ClN3S2. The Morgan fingerprint density at radius 3 is 2.82 bits per heavy atom. The number of thiophene rings is 1. The SMILES string of the molecule is CCCNC(c1ccc(Cl)s1)c1snnc1C. The van der Waals surface area contributed by atoms with Gasteiger partial charge in [-0.05, 0) is 43.6 Å². The third kappa shape index (κ3) is 3.04. The second-order valence-corrected chi connectivity index (χ2v) is 6.28. The molecule has 0 fully saturated rings. The maximum atomic E-state index is 6.00.